The Labute approximate surface area is 188 Å². The molecule has 1 aromatic carbocycles. The lowest BCUT2D eigenvalue weighted by Crippen LogP contribution is -2.68. The molecule has 7 rings (SSSR count). The van der Waals surface area contributed by atoms with Crippen molar-refractivity contribution < 1.29 is 23.7 Å². The zero-order chi connectivity index (χ0) is 21.8. The van der Waals surface area contributed by atoms with E-state index in [9.17, 15) is 4.79 Å². The van der Waals surface area contributed by atoms with E-state index in [1.165, 1.54) is 11.3 Å². The zero-order valence-electron chi connectivity index (χ0n) is 18.9. The van der Waals surface area contributed by atoms with Gasteiger partial charge in [0.15, 0.2) is 11.5 Å². The molecule has 0 N–H and O–H groups in total. The van der Waals surface area contributed by atoms with Crippen LogP contribution in [0.5, 0.6) is 17.2 Å². The number of hydrogen-bond acceptors (Lipinski definition) is 7. The molecule has 0 amide bonds. The van der Waals surface area contributed by atoms with Gasteiger partial charge in [-0.05, 0) is 31.0 Å². The minimum atomic E-state index is -0.250. The second-order valence-electron chi connectivity index (χ2n) is 10.2. The van der Waals surface area contributed by atoms with Crippen molar-refractivity contribution in [2.24, 2.45) is 5.41 Å². The quantitative estimate of drug-likeness (QED) is 0.531. The smallest absolute Gasteiger partial charge is 0.307 e. The van der Waals surface area contributed by atoms with Gasteiger partial charge in [-0.2, -0.15) is 0 Å². The molecule has 2 spiro atoms. The highest BCUT2D eigenvalue weighted by Gasteiger charge is 2.74. The van der Waals surface area contributed by atoms with E-state index >= 15 is 0 Å². The molecule has 7 heteroatoms. The van der Waals surface area contributed by atoms with Crippen LogP contribution < -0.4 is 19.1 Å². The van der Waals surface area contributed by atoms with E-state index in [0.29, 0.717) is 24.8 Å². The number of rotatable bonds is 3. The lowest BCUT2D eigenvalue weighted by Gasteiger charge is -2.57. The molecule has 6 atom stereocenters. The third kappa shape index (κ3) is 1.93. The predicted molar refractivity (Wildman–Crippen MR) is 118 cm³/mol. The van der Waals surface area contributed by atoms with Crippen LogP contribution in [0.1, 0.15) is 38.2 Å². The summed E-state index contributed by atoms with van der Waals surface area (Å²) in [5.74, 6) is 2.17. The van der Waals surface area contributed by atoms with Crippen molar-refractivity contribution in [2.75, 3.05) is 38.8 Å². The molecule has 5 aliphatic heterocycles. The minimum Gasteiger partial charge on any atom is -0.493 e. The fourth-order valence-electron chi connectivity index (χ4n) is 8.26. The van der Waals surface area contributed by atoms with E-state index in [2.05, 4.69) is 34.9 Å². The number of hydrogen-bond donors (Lipinski definition) is 0. The summed E-state index contributed by atoms with van der Waals surface area (Å²) in [7, 11) is 3.38. The van der Waals surface area contributed by atoms with Crippen LogP contribution in [0.15, 0.2) is 18.2 Å². The summed E-state index contributed by atoms with van der Waals surface area (Å²) in [5.41, 5.74) is 2.16. The molecule has 1 aromatic rings. The molecular formula is C25H30N2O5. The SMILES string of the molecule is CCC1COc2c(OC)c(OC)cc3c2N1C1CC2OC(=O)CC24C=CCN2CCC31C24. The topological polar surface area (TPSA) is 60.5 Å². The van der Waals surface area contributed by atoms with Crippen molar-refractivity contribution in [3.05, 3.63) is 23.8 Å². The lowest BCUT2D eigenvalue weighted by molar-refractivity contribution is -0.143. The monoisotopic (exact) mass is 438 g/mol. The van der Waals surface area contributed by atoms with E-state index < -0.39 is 0 Å². The molecule has 1 aliphatic carbocycles. The fraction of sp³-hybridized carbons (Fsp3) is 0.640. The zero-order valence-corrected chi connectivity index (χ0v) is 18.9. The van der Waals surface area contributed by atoms with E-state index in [4.69, 9.17) is 18.9 Å². The molecule has 5 heterocycles. The first-order chi connectivity index (χ1) is 15.6. The van der Waals surface area contributed by atoms with Gasteiger partial charge < -0.3 is 23.8 Å². The summed E-state index contributed by atoms with van der Waals surface area (Å²) in [6.45, 7) is 4.83. The van der Waals surface area contributed by atoms with Gasteiger partial charge in [0.05, 0.1) is 37.8 Å². The molecule has 0 aromatic heterocycles. The summed E-state index contributed by atoms with van der Waals surface area (Å²) in [5, 5.41) is 0. The van der Waals surface area contributed by atoms with E-state index in [0.717, 1.165) is 43.9 Å². The molecule has 3 fully saturated rings. The average Bonchev–Trinajstić information content (AvgIpc) is 3.44. The van der Waals surface area contributed by atoms with Gasteiger partial charge in [-0.1, -0.05) is 19.1 Å². The molecule has 0 radical (unpaired) electrons. The van der Waals surface area contributed by atoms with Crippen LogP contribution in [0.25, 0.3) is 0 Å². The number of ether oxygens (including phenoxy) is 4. The van der Waals surface area contributed by atoms with Gasteiger partial charge in [-0.15, -0.1) is 0 Å². The number of esters is 1. The molecular weight excluding hydrogens is 408 g/mol. The Balaban J connectivity index is 1.53. The molecule has 1 saturated carbocycles. The van der Waals surface area contributed by atoms with Gasteiger partial charge in [0, 0.05) is 30.5 Å². The van der Waals surface area contributed by atoms with Crippen molar-refractivity contribution in [3.63, 3.8) is 0 Å². The van der Waals surface area contributed by atoms with Crippen molar-refractivity contribution in [1.29, 1.82) is 0 Å². The Bertz CT molecular complexity index is 1060. The highest BCUT2D eigenvalue weighted by molar-refractivity contribution is 5.82. The van der Waals surface area contributed by atoms with E-state index in [1.54, 1.807) is 14.2 Å². The number of anilines is 1. The van der Waals surface area contributed by atoms with Crippen molar-refractivity contribution in [1.82, 2.24) is 4.90 Å². The Morgan fingerprint density at radius 2 is 2.16 bits per heavy atom. The summed E-state index contributed by atoms with van der Waals surface area (Å²) < 4.78 is 24.0. The van der Waals surface area contributed by atoms with Gasteiger partial charge in [0.1, 0.15) is 12.7 Å². The highest BCUT2D eigenvalue weighted by atomic mass is 16.6. The first-order valence-corrected chi connectivity index (χ1v) is 11.9. The molecule has 32 heavy (non-hydrogen) atoms. The lowest BCUT2D eigenvalue weighted by atomic mass is 9.53. The first kappa shape index (κ1) is 19.1. The van der Waals surface area contributed by atoms with Crippen LogP contribution in [0, 0.1) is 5.41 Å². The second-order valence-corrected chi connectivity index (χ2v) is 10.2. The van der Waals surface area contributed by atoms with Gasteiger partial charge >= 0.3 is 5.97 Å². The van der Waals surface area contributed by atoms with Crippen LogP contribution in [-0.2, 0) is 14.9 Å². The highest BCUT2D eigenvalue weighted by Crippen LogP contribution is 2.69. The summed E-state index contributed by atoms with van der Waals surface area (Å²) in [6.07, 6.45) is 7.92. The summed E-state index contributed by atoms with van der Waals surface area (Å²) in [4.78, 5) is 17.9. The molecule has 2 saturated heterocycles. The molecule has 7 nitrogen and oxygen atoms in total. The number of nitrogens with zero attached hydrogens (tertiary/aromatic N) is 2. The van der Waals surface area contributed by atoms with Crippen LogP contribution >= 0.6 is 0 Å². The van der Waals surface area contributed by atoms with Crippen LogP contribution in [0.2, 0.25) is 0 Å². The predicted octanol–water partition coefficient (Wildman–Crippen LogP) is 2.65. The number of fused-ring (bicyclic) bond motifs is 1. The fourth-order valence-corrected chi connectivity index (χ4v) is 8.26. The Hall–Kier alpha value is -2.41. The largest absolute Gasteiger partial charge is 0.493 e. The third-order valence-corrected chi connectivity index (χ3v) is 9.28. The van der Waals surface area contributed by atoms with Crippen LogP contribution in [0.3, 0.4) is 0 Å². The van der Waals surface area contributed by atoms with E-state index in [1.807, 2.05) is 0 Å². The first-order valence-electron chi connectivity index (χ1n) is 11.9. The molecule has 170 valence electrons. The Morgan fingerprint density at radius 3 is 2.94 bits per heavy atom. The molecule has 6 aliphatic rings. The number of benzene rings is 1. The van der Waals surface area contributed by atoms with Gasteiger partial charge in [-0.3, -0.25) is 9.69 Å². The maximum atomic E-state index is 12.6. The third-order valence-electron chi connectivity index (χ3n) is 9.28. The summed E-state index contributed by atoms with van der Waals surface area (Å²) in [6, 6.07) is 3.01. The van der Waals surface area contributed by atoms with Gasteiger partial charge in [0.2, 0.25) is 5.75 Å². The number of carbonyl (C=O) groups excluding carboxylic acids is 1. The maximum absolute atomic E-state index is 12.6. The Morgan fingerprint density at radius 1 is 1.28 bits per heavy atom. The van der Waals surface area contributed by atoms with Crippen molar-refractivity contribution >= 4 is 11.7 Å². The maximum Gasteiger partial charge on any atom is 0.307 e. The summed E-state index contributed by atoms with van der Waals surface area (Å²) >= 11 is 0. The van der Waals surface area contributed by atoms with Gasteiger partial charge in [0.25, 0.3) is 0 Å². The molecule has 0 bridgehead atoms. The van der Waals surface area contributed by atoms with Crippen LogP contribution in [-0.4, -0.2) is 69.0 Å². The minimum absolute atomic E-state index is 0.0502. The van der Waals surface area contributed by atoms with Gasteiger partial charge in [-0.25, -0.2) is 0 Å². The second kappa shape index (κ2) is 6.13. The number of methoxy groups -OCH3 is 2. The Kier molecular flexibility index (Phi) is 3.66. The average molecular weight is 439 g/mol. The van der Waals surface area contributed by atoms with Crippen molar-refractivity contribution in [3.8, 4) is 17.2 Å². The standard InChI is InChI=1S/C25H30N2O5/c1-4-14-13-31-22-20-15(10-16(29-2)21(22)30-3)25-7-9-26-8-5-6-24(23(25)26)12-19(28)32-18(24)11-17(25)27(14)20/h5-6,10,14,17-18,23H,4,7-9,11-13H2,1-3H3. The normalized spacial score (nSPS) is 40.2. The van der Waals surface area contributed by atoms with Crippen molar-refractivity contribution in [2.45, 2.75) is 62.3 Å². The molecule has 6 unspecified atom stereocenters. The number of carbonyl (C=O) groups is 1. The van der Waals surface area contributed by atoms with E-state index in [-0.39, 0.29) is 35.0 Å². The van der Waals surface area contributed by atoms with Crippen LogP contribution in [0.4, 0.5) is 5.69 Å².